The molecule has 2 N–H and O–H groups in total. The van der Waals surface area contributed by atoms with E-state index in [0.29, 0.717) is 6.04 Å². The lowest BCUT2D eigenvalue weighted by Gasteiger charge is -2.10. The maximum absolute atomic E-state index is 8.74. The fraction of sp³-hybridized carbons (Fsp3) is 0.600. The summed E-state index contributed by atoms with van der Waals surface area (Å²) in [7, 11) is 0. The van der Waals surface area contributed by atoms with Gasteiger partial charge in [-0.2, -0.15) is 0 Å². The average Bonchev–Trinajstić information content (AvgIpc) is 2.44. The van der Waals surface area contributed by atoms with Crippen LogP contribution in [0.2, 0.25) is 0 Å². The van der Waals surface area contributed by atoms with Crippen molar-refractivity contribution in [1.29, 1.82) is 0 Å². The van der Waals surface area contributed by atoms with Crippen LogP contribution in [0.25, 0.3) is 0 Å². The molecule has 4 heteroatoms. The van der Waals surface area contributed by atoms with Crippen LogP contribution in [0.15, 0.2) is 10.5 Å². The van der Waals surface area contributed by atoms with E-state index in [1.165, 1.54) is 14.2 Å². The zero-order valence-electron chi connectivity index (χ0n) is 8.51. The summed E-state index contributed by atoms with van der Waals surface area (Å²) in [4.78, 5) is 2.65. The van der Waals surface area contributed by atoms with Crippen molar-refractivity contribution in [2.45, 2.75) is 32.9 Å². The number of aliphatic hydroxyl groups is 1. The minimum atomic E-state index is 0.251. The molecule has 1 atom stereocenters. The minimum absolute atomic E-state index is 0.251. The standard InChI is InChI=1S/C10H16BrNOS/c1-7(3-4-13)12-6-9-5-10(11)8(2)14-9/h5,7,12-13H,3-4,6H2,1-2H3. The number of rotatable bonds is 5. The van der Waals surface area contributed by atoms with Crippen molar-refractivity contribution in [2.24, 2.45) is 0 Å². The average molecular weight is 278 g/mol. The first-order chi connectivity index (χ1) is 6.63. The number of halogens is 1. The van der Waals surface area contributed by atoms with Crippen LogP contribution in [0.4, 0.5) is 0 Å². The van der Waals surface area contributed by atoms with Gasteiger partial charge >= 0.3 is 0 Å². The van der Waals surface area contributed by atoms with Crippen LogP contribution in [0.5, 0.6) is 0 Å². The van der Waals surface area contributed by atoms with Gasteiger partial charge in [0.05, 0.1) is 0 Å². The molecular weight excluding hydrogens is 262 g/mol. The smallest absolute Gasteiger partial charge is 0.0445 e. The van der Waals surface area contributed by atoms with E-state index in [0.717, 1.165) is 13.0 Å². The molecule has 0 saturated heterocycles. The van der Waals surface area contributed by atoms with E-state index in [2.05, 4.69) is 41.2 Å². The van der Waals surface area contributed by atoms with E-state index in [4.69, 9.17) is 5.11 Å². The second-order valence-corrected chi connectivity index (χ2v) is 5.61. The molecule has 1 unspecified atom stereocenters. The molecule has 0 aliphatic rings. The van der Waals surface area contributed by atoms with Crippen LogP contribution in [0.3, 0.4) is 0 Å². The summed E-state index contributed by atoms with van der Waals surface area (Å²) in [6.07, 6.45) is 0.811. The Labute approximate surface area is 97.5 Å². The summed E-state index contributed by atoms with van der Waals surface area (Å²) >= 11 is 5.30. The molecule has 0 aliphatic heterocycles. The number of thiophene rings is 1. The fourth-order valence-corrected chi connectivity index (χ4v) is 2.73. The van der Waals surface area contributed by atoms with Gasteiger partial charge < -0.3 is 10.4 Å². The molecule has 0 spiro atoms. The van der Waals surface area contributed by atoms with E-state index < -0.39 is 0 Å². The molecule has 2 nitrogen and oxygen atoms in total. The van der Waals surface area contributed by atoms with Crippen molar-refractivity contribution in [2.75, 3.05) is 6.61 Å². The number of hydrogen-bond donors (Lipinski definition) is 2. The Morgan fingerprint density at radius 3 is 2.86 bits per heavy atom. The Hall–Kier alpha value is 0.100. The molecule has 80 valence electrons. The first-order valence-corrected chi connectivity index (χ1v) is 6.33. The van der Waals surface area contributed by atoms with Crippen LogP contribution in [-0.2, 0) is 6.54 Å². The topological polar surface area (TPSA) is 32.3 Å². The van der Waals surface area contributed by atoms with Crippen molar-refractivity contribution in [3.05, 3.63) is 20.3 Å². The van der Waals surface area contributed by atoms with E-state index in [9.17, 15) is 0 Å². The summed E-state index contributed by atoms with van der Waals surface area (Å²) in [6.45, 7) is 5.33. The van der Waals surface area contributed by atoms with Crippen molar-refractivity contribution in [3.63, 3.8) is 0 Å². The Balaban J connectivity index is 2.38. The van der Waals surface area contributed by atoms with Gasteiger partial charge in [0, 0.05) is 33.4 Å². The molecule has 0 radical (unpaired) electrons. The van der Waals surface area contributed by atoms with Gasteiger partial charge in [0.1, 0.15) is 0 Å². The van der Waals surface area contributed by atoms with Crippen molar-refractivity contribution in [3.8, 4) is 0 Å². The van der Waals surface area contributed by atoms with Crippen LogP contribution in [-0.4, -0.2) is 17.8 Å². The Morgan fingerprint density at radius 1 is 1.64 bits per heavy atom. The molecule has 1 rings (SSSR count). The Kier molecular flexibility index (Phi) is 5.09. The lowest BCUT2D eigenvalue weighted by molar-refractivity contribution is 0.269. The van der Waals surface area contributed by atoms with Gasteiger partial charge in [-0.05, 0) is 42.3 Å². The molecule has 1 heterocycles. The van der Waals surface area contributed by atoms with Gasteiger partial charge in [0.15, 0.2) is 0 Å². The van der Waals surface area contributed by atoms with Crippen LogP contribution in [0, 0.1) is 6.92 Å². The summed E-state index contributed by atoms with van der Waals surface area (Å²) in [6, 6.07) is 2.53. The van der Waals surface area contributed by atoms with E-state index in [-0.39, 0.29) is 6.61 Å². The quantitative estimate of drug-likeness (QED) is 0.868. The summed E-state index contributed by atoms with van der Waals surface area (Å²) < 4.78 is 1.19. The van der Waals surface area contributed by atoms with Gasteiger partial charge in [-0.3, -0.25) is 0 Å². The maximum Gasteiger partial charge on any atom is 0.0445 e. The third kappa shape index (κ3) is 3.69. The zero-order chi connectivity index (χ0) is 10.6. The lowest BCUT2D eigenvalue weighted by atomic mass is 10.2. The highest BCUT2D eigenvalue weighted by Crippen LogP contribution is 2.26. The molecule has 0 bridgehead atoms. The van der Waals surface area contributed by atoms with Crippen LogP contribution in [0.1, 0.15) is 23.1 Å². The first-order valence-electron chi connectivity index (χ1n) is 4.72. The molecule has 0 aliphatic carbocycles. The van der Waals surface area contributed by atoms with Gasteiger partial charge in [-0.1, -0.05) is 0 Å². The molecule has 1 aromatic heterocycles. The van der Waals surface area contributed by atoms with Crippen LogP contribution < -0.4 is 5.32 Å². The van der Waals surface area contributed by atoms with E-state index in [1.54, 1.807) is 11.3 Å². The number of nitrogens with one attached hydrogen (secondary N) is 1. The summed E-state index contributed by atoms with van der Waals surface area (Å²) in [5, 5.41) is 12.1. The third-order valence-electron chi connectivity index (χ3n) is 2.10. The second-order valence-electron chi connectivity index (χ2n) is 3.41. The molecule has 14 heavy (non-hydrogen) atoms. The van der Waals surface area contributed by atoms with Crippen molar-refractivity contribution in [1.82, 2.24) is 5.32 Å². The molecular formula is C10H16BrNOS. The van der Waals surface area contributed by atoms with Crippen molar-refractivity contribution < 1.29 is 5.11 Å². The van der Waals surface area contributed by atoms with E-state index in [1.807, 2.05) is 0 Å². The van der Waals surface area contributed by atoms with Gasteiger partial charge in [0.2, 0.25) is 0 Å². The Bertz CT molecular complexity index is 268. The number of aliphatic hydroxyl groups excluding tert-OH is 1. The fourth-order valence-electron chi connectivity index (χ4n) is 1.18. The maximum atomic E-state index is 8.74. The normalized spacial score (nSPS) is 13.1. The second kappa shape index (κ2) is 5.85. The van der Waals surface area contributed by atoms with Gasteiger partial charge in [0.25, 0.3) is 0 Å². The molecule has 0 saturated carbocycles. The molecule has 0 fully saturated rings. The zero-order valence-corrected chi connectivity index (χ0v) is 10.9. The predicted molar refractivity (Wildman–Crippen MR) is 64.8 cm³/mol. The number of aryl methyl sites for hydroxylation is 1. The highest BCUT2D eigenvalue weighted by atomic mass is 79.9. The molecule has 0 aromatic carbocycles. The SMILES string of the molecule is Cc1sc(CNC(C)CCO)cc1Br. The van der Waals surface area contributed by atoms with Gasteiger partial charge in [-0.15, -0.1) is 11.3 Å². The monoisotopic (exact) mass is 277 g/mol. The highest BCUT2D eigenvalue weighted by molar-refractivity contribution is 9.10. The predicted octanol–water partition coefficient (Wildman–Crippen LogP) is 2.68. The highest BCUT2D eigenvalue weighted by Gasteiger charge is 2.04. The van der Waals surface area contributed by atoms with Crippen molar-refractivity contribution >= 4 is 27.3 Å². The first kappa shape index (κ1) is 12.2. The van der Waals surface area contributed by atoms with Crippen LogP contribution >= 0.6 is 27.3 Å². The van der Waals surface area contributed by atoms with Gasteiger partial charge in [-0.25, -0.2) is 0 Å². The minimum Gasteiger partial charge on any atom is -0.396 e. The summed E-state index contributed by atoms with van der Waals surface area (Å²) in [5.74, 6) is 0. The number of hydrogen-bond acceptors (Lipinski definition) is 3. The van der Waals surface area contributed by atoms with E-state index >= 15 is 0 Å². The summed E-state index contributed by atoms with van der Waals surface area (Å²) in [5.41, 5.74) is 0. The molecule has 1 aromatic rings. The lowest BCUT2D eigenvalue weighted by Crippen LogP contribution is -2.25. The third-order valence-corrected chi connectivity index (χ3v) is 4.23. The molecule has 0 amide bonds. The Morgan fingerprint density at radius 2 is 2.36 bits per heavy atom. The largest absolute Gasteiger partial charge is 0.396 e.